The van der Waals surface area contributed by atoms with Gasteiger partial charge in [-0.2, -0.15) is 0 Å². The normalized spacial score (nSPS) is 12.1. The molecule has 0 radical (unpaired) electrons. The molecule has 5 heteroatoms. The second kappa shape index (κ2) is 16.7. The van der Waals surface area contributed by atoms with Gasteiger partial charge < -0.3 is 5.11 Å². The Balaban J connectivity index is 0.00000528. The summed E-state index contributed by atoms with van der Waals surface area (Å²) in [7, 11) is 0. The Morgan fingerprint density at radius 2 is 1.40 bits per heavy atom. The number of phenols is 1. The number of benzene rings is 6. The maximum atomic E-state index is 11.3. The standard InChI is InChI=1S/C53H50N3O.Pt/c1-34(2)28-36-20-25-48(46(29-36)39-14-9-8-10-15-39)56-49-18-13-17-44(51(49)55-52(56)45-16-11-12-19-50(45)57)41-30-42(32-43(31-41)53(5,6)7)47-33-40(26-27-54-47)38-23-21-37(22-24-38)35(3)4;/h8-27,29,31-35,57H,28H2,1-7H3;/q-1;/i35D;. The van der Waals surface area contributed by atoms with Crippen LogP contribution < -0.4 is 0 Å². The van der Waals surface area contributed by atoms with E-state index in [0.717, 1.165) is 78.9 Å². The van der Waals surface area contributed by atoms with Gasteiger partial charge in [-0.3, -0.25) is 9.55 Å². The third kappa shape index (κ3) is 8.22. The summed E-state index contributed by atoms with van der Waals surface area (Å²) in [6.45, 7) is 15.0. The Labute approximate surface area is 359 Å². The molecular formula is C53H50N3OPt-. The molecule has 0 spiro atoms. The van der Waals surface area contributed by atoms with Crippen molar-refractivity contribution < 1.29 is 27.5 Å². The van der Waals surface area contributed by atoms with Gasteiger partial charge in [-0.15, -0.1) is 29.3 Å². The van der Waals surface area contributed by atoms with Crippen molar-refractivity contribution in [2.75, 3.05) is 0 Å². The molecule has 1 N–H and O–H groups in total. The number of aromatic hydroxyl groups is 1. The van der Waals surface area contributed by atoms with Crippen LogP contribution in [0.1, 0.15) is 72.4 Å². The summed E-state index contributed by atoms with van der Waals surface area (Å²) in [5.41, 5.74) is 14.6. The number of aromatic nitrogens is 3. The first-order chi connectivity index (χ1) is 27.7. The van der Waals surface area contributed by atoms with Crippen LogP contribution in [0.3, 0.4) is 0 Å². The average Bonchev–Trinajstić information content (AvgIpc) is 3.60. The van der Waals surface area contributed by atoms with E-state index < -0.39 is 5.89 Å². The Kier molecular flexibility index (Phi) is 11.3. The maximum absolute atomic E-state index is 11.3. The predicted octanol–water partition coefficient (Wildman–Crippen LogP) is 13.9. The number of pyridine rings is 1. The number of imidazole rings is 1. The Hall–Kier alpha value is -5.57. The van der Waals surface area contributed by atoms with Crippen LogP contribution in [0.4, 0.5) is 0 Å². The molecule has 0 aliphatic carbocycles. The van der Waals surface area contributed by atoms with Crippen LogP contribution in [0.2, 0.25) is 0 Å². The number of rotatable bonds is 9. The molecule has 0 aliphatic rings. The first-order valence-corrected chi connectivity index (χ1v) is 19.9. The van der Waals surface area contributed by atoms with Crippen LogP contribution in [0, 0.1) is 12.0 Å². The van der Waals surface area contributed by atoms with Crippen molar-refractivity contribution in [3.05, 3.63) is 168 Å². The molecule has 4 nitrogen and oxygen atoms in total. The molecule has 58 heavy (non-hydrogen) atoms. The second-order valence-corrected chi connectivity index (χ2v) is 16.7. The Bertz CT molecular complexity index is 2760. The van der Waals surface area contributed by atoms with E-state index in [1.165, 1.54) is 5.56 Å². The van der Waals surface area contributed by atoms with E-state index in [1.807, 2.05) is 62.5 Å². The number of nitrogens with zero attached hydrogens (tertiary/aromatic N) is 3. The summed E-state index contributed by atoms with van der Waals surface area (Å²) in [5, 5.41) is 11.3. The van der Waals surface area contributed by atoms with Gasteiger partial charge in [-0.1, -0.05) is 151 Å². The van der Waals surface area contributed by atoms with E-state index in [2.05, 4.69) is 136 Å². The molecule has 8 rings (SSSR count). The van der Waals surface area contributed by atoms with Gasteiger partial charge in [0.1, 0.15) is 11.6 Å². The molecule has 294 valence electrons. The number of hydrogen-bond donors (Lipinski definition) is 1. The van der Waals surface area contributed by atoms with Crippen molar-refractivity contribution >= 4 is 11.0 Å². The van der Waals surface area contributed by atoms with Gasteiger partial charge in [0.15, 0.2) is 0 Å². The molecule has 0 aliphatic heterocycles. The smallest absolute Gasteiger partial charge is 0.148 e. The number of fused-ring (bicyclic) bond motifs is 1. The first-order valence-electron chi connectivity index (χ1n) is 20.4. The number of phenolic OH excluding ortho intramolecular Hbond substituents is 1. The largest absolute Gasteiger partial charge is 0.507 e. The zero-order valence-corrected chi connectivity index (χ0v) is 36.5. The third-order valence-electron chi connectivity index (χ3n) is 10.7. The van der Waals surface area contributed by atoms with Crippen LogP contribution in [0.15, 0.2) is 146 Å². The molecule has 0 amide bonds. The van der Waals surface area contributed by atoms with Crippen LogP contribution in [0.5, 0.6) is 5.75 Å². The second-order valence-electron chi connectivity index (χ2n) is 16.7. The van der Waals surface area contributed by atoms with Crippen LogP contribution in [-0.2, 0) is 32.9 Å². The molecule has 2 heterocycles. The van der Waals surface area contributed by atoms with E-state index >= 15 is 0 Å². The van der Waals surface area contributed by atoms with E-state index in [1.54, 1.807) is 6.07 Å². The predicted molar refractivity (Wildman–Crippen MR) is 238 cm³/mol. The fraction of sp³-hybridized carbons (Fsp3) is 0.208. The minimum absolute atomic E-state index is 0. The van der Waals surface area contributed by atoms with E-state index in [0.29, 0.717) is 17.3 Å². The third-order valence-corrected chi connectivity index (χ3v) is 10.7. The SMILES string of the molecule is [2H]C(C)(C)c1ccc(-c2ccnc(-c3[c-]c(-c4cccc5c4nc(-c4ccccc4O)n5-c4ccc(CC(C)C)cc4-c4ccccc4)cc(C(C)(C)C)c3)c2)cc1.[Pt]. The fourth-order valence-corrected chi connectivity index (χ4v) is 7.67. The molecule has 0 saturated carbocycles. The van der Waals surface area contributed by atoms with E-state index in [4.69, 9.17) is 11.3 Å². The summed E-state index contributed by atoms with van der Waals surface area (Å²) >= 11 is 0. The summed E-state index contributed by atoms with van der Waals surface area (Å²) < 4.78 is 10.7. The molecule has 0 unspecified atom stereocenters. The minimum atomic E-state index is -0.663. The van der Waals surface area contributed by atoms with Gasteiger partial charge in [0, 0.05) is 39.9 Å². The molecule has 0 bridgehead atoms. The average molecular weight is 941 g/mol. The molecule has 0 atom stereocenters. The first kappa shape index (κ1) is 39.3. The van der Waals surface area contributed by atoms with Gasteiger partial charge in [0.25, 0.3) is 0 Å². The minimum Gasteiger partial charge on any atom is -0.507 e. The molecule has 0 saturated heterocycles. The summed E-state index contributed by atoms with van der Waals surface area (Å²) in [6, 6.07) is 51.7. The maximum Gasteiger partial charge on any atom is 0.148 e. The molecule has 6 aromatic carbocycles. The Morgan fingerprint density at radius 3 is 2.10 bits per heavy atom. The van der Waals surface area contributed by atoms with Crippen molar-refractivity contribution in [1.82, 2.24) is 14.5 Å². The zero-order valence-electron chi connectivity index (χ0n) is 35.2. The van der Waals surface area contributed by atoms with E-state index in [-0.39, 0.29) is 32.2 Å². The van der Waals surface area contributed by atoms with Gasteiger partial charge in [0.2, 0.25) is 0 Å². The van der Waals surface area contributed by atoms with Crippen molar-refractivity contribution in [2.45, 2.75) is 66.2 Å². The van der Waals surface area contributed by atoms with Crippen LogP contribution >= 0.6 is 0 Å². The van der Waals surface area contributed by atoms with Crippen molar-refractivity contribution in [3.63, 3.8) is 0 Å². The summed E-state index contributed by atoms with van der Waals surface area (Å²) in [6.07, 6.45) is 2.83. The van der Waals surface area contributed by atoms with E-state index in [9.17, 15) is 5.11 Å². The number of hydrogen-bond acceptors (Lipinski definition) is 3. The summed E-state index contributed by atoms with van der Waals surface area (Å²) in [4.78, 5) is 10.3. The topological polar surface area (TPSA) is 50.9 Å². The summed E-state index contributed by atoms with van der Waals surface area (Å²) in [5.74, 6) is 0.685. The quantitative estimate of drug-likeness (QED) is 0.147. The van der Waals surface area contributed by atoms with Gasteiger partial charge in [0.05, 0.1) is 22.3 Å². The fourth-order valence-electron chi connectivity index (χ4n) is 7.67. The van der Waals surface area contributed by atoms with Crippen LogP contribution in [0.25, 0.3) is 72.7 Å². The van der Waals surface area contributed by atoms with Gasteiger partial charge in [-0.05, 0) is 87.9 Å². The molecule has 2 aromatic heterocycles. The molecule has 0 fully saturated rings. The Morgan fingerprint density at radius 1 is 0.690 bits per heavy atom. The molecular weight excluding hydrogens is 890 g/mol. The number of para-hydroxylation sites is 2. The van der Waals surface area contributed by atoms with Gasteiger partial charge >= 0.3 is 0 Å². The van der Waals surface area contributed by atoms with Crippen molar-refractivity contribution in [3.8, 4) is 67.5 Å². The van der Waals surface area contributed by atoms with Gasteiger partial charge in [-0.25, -0.2) is 4.98 Å². The monoisotopic (exact) mass is 940 g/mol. The molecule has 8 aromatic rings. The zero-order chi connectivity index (χ0) is 40.8. The van der Waals surface area contributed by atoms with Crippen molar-refractivity contribution in [2.24, 2.45) is 5.92 Å². The van der Waals surface area contributed by atoms with Crippen LogP contribution in [-0.4, -0.2) is 19.6 Å². The van der Waals surface area contributed by atoms with Crippen molar-refractivity contribution in [1.29, 1.82) is 0 Å².